The number of nitrogens with two attached hydrogens (primary N) is 2. The Morgan fingerprint density at radius 1 is 1.41 bits per heavy atom. The average molecular weight is 406 g/mol. The molecule has 0 saturated carbocycles. The Morgan fingerprint density at radius 2 is 2.11 bits per heavy atom. The normalized spacial score (nSPS) is 11.2. The van der Waals surface area contributed by atoms with Gasteiger partial charge in [-0.15, -0.1) is 0 Å². The Kier molecular flexibility index (Phi) is 6.60. The zero-order valence-corrected chi connectivity index (χ0v) is 16.5. The minimum Gasteiger partial charge on any atom is -0.394 e. The predicted octanol–water partition coefficient (Wildman–Crippen LogP) is 1.74. The lowest BCUT2D eigenvalue weighted by Gasteiger charge is -2.16. The SMILES string of the molecule is CC(=NC(=S)NN)c1cc([N+](=O)[O-])ccc1Sc1ncnc(N(C)C)c1N. The molecule has 0 aliphatic rings. The Bertz CT molecular complexity index is 917. The minimum absolute atomic E-state index is 0.0615. The molecule has 142 valence electrons. The summed E-state index contributed by atoms with van der Waals surface area (Å²) in [5, 5.41) is 11.7. The molecule has 1 aromatic carbocycles. The Hall–Kier alpha value is -2.83. The second-order valence-corrected chi connectivity index (χ2v) is 6.91. The molecule has 1 aromatic heterocycles. The van der Waals surface area contributed by atoms with Gasteiger partial charge in [0.05, 0.1) is 4.92 Å². The third kappa shape index (κ3) is 4.87. The number of nitro benzene ring substituents is 1. The Morgan fingerprint density at radius 3 is 2.70 bits per heavy atom. The third-order valence-electron chi connectivity index (χ3n) is 3.41. The van der Waals surface area contributed by atoms with Crippen molar-refractivity contribution in [3.63, 3.8) is 0 Å². The van der Waals surface area contributed by atoms with Gasteiger partial charge in [-0.25, -0.2) is 20.8 Å². The van der Waals surface area contributed by atoms with Crippen LogP contribution in [-0.2, 0) is 0 Å². The van der Waals surface area contributed by atoms with Crippen LogP contribution in [0.2, 0.25) is 0 Å². The molecular formula is C15H18N8O2S2. The molecule has 12 heteroatoms. The molecule has 0 atom stereocenters. The van der Waals surface area contributed by atoms with E-state index in [1.807, 2.05) is 14.1 Å². The first kappa shape index (κ1) is 20.5. The molecule has 0 amide bonds. The fraction of sp³-hybridized carbons (Fsp3) is 0.200. The molecule has 0 unspecified atom stereocenters. The highest BCUT2D eigenvalue weighted by molar-refractivity contribution is 7.99. The van der Waals surface area contributed by atoms with Gasteiger partial charge in [-0.3, -0.25) is 15.5 Å². The van der Waals surface area contributed by atoms with Crippen LogP contribution in [0.25, 0.3) is 0 Å². The van der Waals surface area contributed by atoms with Crippen LogP contribution < -0.4 is 21.9 Å². The number of aliphatic imine (C=N–C) groups is 1. The van der Waals surface area contributed by atoms with Crippen molar-refractivity contribution in [3.05, 3.63) is 40.2 Å². The molecule has 0 radical (unpaired) electrons. The van der Waals surface area contributed by atoms with Gasteiger partial charge in [0.15, 0.2) is 5.82 Å². The highest BCUT2D eigenvalue weighted by Crippen LogP contribution is 2.37. The summed E-state index contributed by atoms with van der Waals surface area (Å²) >= 11 is 6.20. The van der Waals surface area contributed by atoms with Crippen molar-refractivity contribution in [1.29, 1.82) is 0 Å². The van der Waals surface area contributed by atoms with E-state index in [1.54, 1.807) is 17.9 Å². The van der Waals surface area contributed by atoms with Crippen molar-refractivity contribution in [3.8, 4) is 0 Å². The molecule has 0 bridgehead atoms. The van der Waals surface area contributed by atoms with Gasteiger partial charge in [-0.05, 0) is 25.2 Å². The number of nitrogen functional groups attached to an aromatic ring is 1. The molecule has 1 heterocycles. The number of aromatic nitrogens is 2. The van der Waals surface area contributed by atoms with E-state index >= 15 is 0 Å². The number of nitrogens with zero attached hydrogens (tertiary/aromatic N) is 5. The van der Waals surface area contributed by atoms with Gasteiger partial charge < -0.3 is 10.6 Å². The monoisotopic (exact) mass is 406 g/mol. The first-order valence-corrected chi connectivity index (χ1v) is 8.77. The van der Waals surface area contributed by atoms with Gasteiger partial charge >= 0.3 is 0 Å². The third-order valence-corrected chi connectivity index (χ3v) is 4.72. The van der Waals surface area contributed by atoms with Crippen LogP contribution in [0.3, 0.4) is 0 Å². The highest BCUT2D eigenvalue weighted by Gasteiger charge is 2.17. The minimum atomic E-state index is -0.478. The number of thiocarbonyl (C=S) groups is 1. The maximum atomic E-state index is 11.2. The van der Waals surface area contributed by atoms with Crippen LogP contribution in [0.1, 0.15) is 12.5 Å². The Labute approximate surface area is 165 Å². The lowest BCUT2D eigenvalue weighted by molar-refractivity contribution is -0.384. The maximum absolute atomic E-state index is 11.2. The van der Waals surface area contributed by atoms with E-state index in [2.05, 4.69) is 20.4 Å². The van der Waals surface area contributed by atoms with Crippen molar-refractivity contribution in [2.75, 3.05) is 24.7 Å². The molecule has 0 aliphatic heterocycles. The number of hydrogen-bond donors (Lipinski definition) is 3. The number of rotatable bonds is 5. The van der Waals surface area contributed by atoms with Crippen molar-refractivity contribution >= 4 is 52.0 Å². The highest BCUT2D eigenvalue weighted by atomic mass is 32.2. The number of nitro groups is 1. The maximum Gasteiger partial charge on any atom is 0.270 e. The topological polar surface area (TPSA) is 149 Å². The van der Waals surface area contributed by atoms with Crippen LogP contribution in [0.15, 0.2) is 39.4 Å². The van der Waals surface area contributed by atoms with Crippen LogP contribution in [0, 0.1) is 10.1 Å². The van der Waals surface area contributed by atoms with E-state index in [0.29, 0.717) is 32.7 Å². The van der Waals surface area contributed by atoms with E-state index in [-0.39, 0.29) is 10.8 Å². The average Bonchev–Trinajstić information content (AvgIpc) is 2.62. The van der Waals surface area contributed by atoms with Crippen molar-refractivity contribution < 1.29 is 4.92 Å². The fourth-order valence-corrected chi connectivity index (χ4v) is 3.26. The number of benzene rings is 1. The second-order valence-electron chi connectivity index (χ2n) is 5.50. The van der Waals surface area contributed by atoms with Gasteiger partial charge in [-0.2, -0.15) is 0 Å². The van der Waals surface area contributed by atoms with Crippen LogP contribution >= 0.6 is 24.0 Å². The first-order valence-electron chi connectivity index (χ1n) is 7.55. The van der Waals surface area contributed by atoms with Gasteiger partial charge in [0.25, 0.3) is 5.69 Å². The number of nitrogens with one attached hydrogen (secondary N) is 1. The van der Waals surface area contributed by atoms with E-state index in [1.165, 1.54) is 30.2 Å². The molecule has 0 fully saturated rings. The smallest absolute Gasteiger partial charge is 0.270 e. The molecule has 0 aliphatic carbocycles. The van der Waals surface area contributed by atoms with Crippen molar-refractivity contribution in [2.45, 2.75) is 16.8 Å². The molecule has 2 aromatic rings. The van der Waals surface area contributed by atoms with E-state index < -0.39 is 4.92 Å². The molecule has 0 spiro atoms. The zero-order chi connectivity index (χ0) is 20.1. The van der Waals surface area contributed by atoms with E-state index in [4.69, 9.17) is 23.8 Å². The van der Waals surface area contributed by atoms with Gasteiger partial charge in [-0.1, -0.05) is 11.8 Å². The summed E-state index contributed by atoms with van der Waals surface area (Å²) in [7, 11) is 3.64. The largest absolute Gasteiger partial charge is 0.394 e. The lowest BCUT2D eigenvalue weighted by atomic mass is 10.1. The second kappa shape index (κ2) is 8.70. The van der Waals surface area contributed by atoms with Crippen molar-refractivity contribution in [2.24, 2.45) is 10.8 Å². The number of hydrogen-bond acceptors (Lipinski definition) is 9. The summed E-state index contributed by atoms with van der Waals surface area (Å²) in [5.41, 5.74) is 9.75. The summed E-state index contributed by atoms with van der Waals surface area (Å²) in [6.07, 6.45) is 1.41. The quantitative estimate of drug-likeness (QED) is 0.167. The fourth-order valence-electron chi connectivity index (χ4n) is 2.16. The lowest BCUT2D eigenvalue weighted by Crippen LogP contribution is -2.27. The molecule has 5 N–H and O–H groups in total. The van der Waals surface area contributed by atoms with Crippen LogP contribution in [0.5, 0.6) is 0 Å². The molecule has 10 nitrogen and oxygen atoms in total. The number of hydrazine groups is 1. The first-order chi connectivity index (χ1) is 12.7. The summed E-state index contributed by atoms with van der Waals surface area (Å²) in [5.74, 6) is 5.83. The number of non-ortho nitro benzene ring substituents is 1. The summed E-state index contributed by atoms with van der Waals surface area (Å²) in [6.45, 7) is 1.68. The van der Waals surface area contributed by atoms with Crippen LogP contribution in [0.4, 0.5) is 17.2 Å². The molecule has 27 heavy (non-hydrogen) atoms. The molecule has 0 saturated heterocycles. The van der Waals surface area contributed by atoms with Crippen LogP contribution in [-0.4, -0.2) is 39.8 Å². The summed E-state index contributed by atoms with van der Waals surface area (Å²) in [6, 6.07) is 4.44. The van der Waals surface area contributed by atoms with Gasteiger partial charge in [0, 0.05) is 42.4 Å². The molecule has 2 rings (SSSR count). The Balaban J connectivity index is 2.54. The van der Waals surface area contributed by atoms with E-state index in [9.17, 15) is 10.1 Å². The summed E-state index contributed by atoms with van der Waals surface area (Å²) < 4.78 is 0. The van der Waals surface area contributed by atoms with Crippen molar-refractivity contribution in [1.82, 2.24) is 15.4 Å². The van der Waals surface area contributed by atoms with E-state index in [0.717, 1.165) is 0 Å². The van der Waals surface area contributed by atoms with Gasteiger partial charge in [0.2, 0.25) is 5.11 Å². The summed E-state index contributed by atoms with van der Waals surface area (Å²) in [4.78, 5) is 25.6. The zero-order valence-electron chi connectivity index (χ0n) is 14.8. The predicted molar refractivity (Wildman–Crippen MR) is 110 cm³/mol. The standard InChI is InChI=1S/C15H18N8O2S2/c1-8(20-15(26)21-17)10-6-9(23(24)25)4-5-11(10)27-14-12(16)13(22(2)3)18-7-19-14/h4-7H,16-17H2,1-3H3,(H,21,26). The molecular weight excluding hydrogens is 388 g/mol. The number of anilines is 2. The van der Waals surface area contributed by atoms with Gasteiger partial charge in [0.1, 0.15) is 17.0 Å².